The molecule has 0 N–H and O–H groups in total. The van der Waals surface area contributed by atoms with Crippen molar-refractivity contribution in [3.8, 4) is 16.2 Å². The summed E-state index contributed by atoms with van der Waals surface area (Å²) in [4.78, 5) is 14.7. The van der Waals surface area contributed by atoms with Gasteiger partial charge in [0.2, 0.25) is 0 Å². The molecule has 33 heavy (non-hydrogen) atoms. The first-order chi connectivity index (χ1) is 15.7. The Bertz CT molecular complexity index is 1090. The van der Waals surface area contributed by atoms with Crippen LogP contribution in [0.5, 0.6) is 5.75 Å². The molecule has 0 atom stereocenters. The molecule has 0 aliphatic carbocycles. The van der Waals surface area contributed by atoms with Gasteiger partial charge >= 0.3 is 12.1 Å². The van der Waals surface area contributed by atoms with Gasteiger partial charge in [-0.3, -0.25) is 0 Å². The summed E-state index contributed by atoms with van der Waals surface area (Å²) in [6, 6.07) is 13.2. The second-order valence-corrected chi connectivity index (χ2v) is 9.48. The van der Waals surface area contributed by atoms with Crippen molar-refractivity contribution >= 4 is 29.1 Å². The molecule has 3 aromatic rings. The Kier molecular flexibility index (Phi) is 8.48. The molecule has 3 nitrogen and oxygen atoms in total. The molecule has 0 bridgehead atoms. The highest BCUT2D eigenvalue weighted by atomic mass is 32.2. The van der Waals surface area contributed by atoms with Crippen molar-refractivity contribution in [1.29, 1.82) is 0 Å². The van der Waals surface area contributed by atoms with Gasteiger partial charge < -0.3 is 9.47 Å². The van der Waals surface area contributed by atoms with Crippen molar-refractivity contribution in [3.63, 3.8) is 0 Å². The Morgan fingerprint density at radius 2 is 1.79 bits per heavy atom. The summed E-state index contributed by atoms with van der Waals surface area (Å²) in [6.07, 6.45) is -3.48. The molecule has 8 heteroatoms. The van der Waals surface area contributed by atoms with E-state index in [9.17, 15) is 18.0 Å². The predicted molar refractivity (Wildman–Crippen MR) is 127 cm³/mol. The molecular formula is C25H25F3O3S2. The van der Waals surface area contributed by atoms with Gasteiger partial charge in [0.05, 0.1) is 12.2 Å². The van der Waals surface area contributed by atoms with Gasteiger partial charge in [-0.1, -0.05) is 19.1 Å². The van der Waals surface area contributed by atoms with Gasteiger partial charge in [0.15, 0.2) is 6.61 Å². The number of hydrogen-bond donors (Lipinski definition) is 0. The Morgan fingerprint density at radius 3 is 2.39 bits per heavy atom. The number of hydrogen-bond acceptors (Lipinski definition) is 5. The van der Waals surface area contributed by atoms with Gasteiger partial charge in [-0.25, -0.2) is 4.79 Å². The molecule has 0 amide bonds. The average molecular weight is 495 g/mol. The van der Waals surface area contributed by atoms with Gasteiger partial charge in [-0.15, -0.1) is 23.1 Å². The van der Waals surface area contributed by atoms with Crippen molar-refractivity contribution in [1.82, 2.24) is 0 Å². The zero-order valence-electron chi connectivity index (χ0n) is 18.6. The van der Waals surface area contributed by atoms with Crippen LogP contribution in [0, 0.1) is 6.92 Å². The van der Waals surface area contributed by atoms with E-state index in [0.717, 1.165) is 45.2 Å². The number of aryl methyl sites for hydroxylation is 2. The average Bonchev–Trinajstić information content (AvgIpc) is 3.20. The largest absolute Gasteiger partial charge is 0.482 e. The van der Waals surface area contributed by atoms with Crippen molar-refractivity contribution in [3.05, 3.63) is 70.1 Å². The quantitative estimate of drug-likeness (QED) is 0.227. The molecule has 1 heterocycles. The standard InChI is InChI=1S/C25H25F3O3S2/c1-4-17-13-22(18-6-8-19(9-7-18)25(26,27)28)33-23(17)15-32-20-10-11-21(16(3)12-20)31-14-24(29)30-5-2/h6-13H,4-5,14-15H2,1-3H3. The maximum absolute atomic E-state index is 12.8. The van der Waals surface area contributed by atoms with Crippen LogP contribution in [0.15, 0.2) is 53.4 Å². The molecule has 0 saturated carbocycles. The number of halogens is 3. The number of benzene rings is 2. The van der Waals surface area contributed by atoms with E-state index >= 15 is 0 Å². The number of esters is 1. The van der Waals surface area contributed by atoms with Crippen LogP contribution in [0.2, 0.25) is 0 Å². The fourth-order valence-electron chi connectivity index (χ4n) is 3.22. The maximum Gasteiger partial charge on any atom is 0.416 e. The third-order valence-electron chi connectivity index (χ3n) is 4.94. The molecule has 176 valence electrons. The van der Waals surface area contributed by atoms with Gasteiger partial charge in [0, 0.05) is 20.4 Å². The van der Waals surface area contributed by atoms with Gasteiger partial charge in [0.25, 0.3) is 0 Å². The Labute approximate surface area is 199 Å². The van der Waals surface area contributed by atoms with Gasteiger partial charge in [-0.2, -0.15) is 13.2 Å². The summed E-state index contributed by atoms with van der Waals surface area (Å²) in [5.74, 6) is 1.00. The molecule has 1 aromatic heterocycles. The van der Waals surface area contributed by atoms with E-state index < -0.39 is 17.7 Å². The van der Waals surface area contributed by atoms with Crippen molar-refractivity contribution in [2.45, 2.75) is 44.0 Å². The summed E-state index contributed by atoms with van der Waals surface area (Å²) in [7, 11) is 0. The molecule has 0 aliphatic heterocycles. The van der Waals surface area contributed by atoms with Crippen LogP contribution >= 0.6 is 23.1 Å². The first kappa shape index (κ1) is 25.2. The second kappa shape index (κ2) is 11.1. The first-order valence-electron chi connectivity index (χ1n) is 10.5. The van der Waals surface area contributed by atoms with Crippen LogP contribution in [0.3, 0.4) is 0 Å². The fourth-order valence-corrected chi connectivity index (χ4v) is 5.59. The summed E-state index contributed by atoms with van der Waals surface area (Å²) in [5.41, 5.74) is 2.28. The van der Waals surface area contributed by atoms with Crippen LogP contribution in [0.1, 0.15) is 35.4 Å². The minimum absolute atomic E-state index is 0.122. The SMILES string of the molecule is CCOC(=O)COc1ccc(SCc2sc(-c3ccc(C(F)(F)F)cc3)cc2CC)cc1C. The lowest BCUT2D eigenvalue weighted by atomic mass is 10.1. The summed E-state index contributed by atoms with van der Waals surface area (Å²) < 4.78 is 48.9. The topological polar surface area (TPSA) is 35.5 Å². The smallest absolute Gasteiger partial charge is 0.416 e. The van der Waals surface area contributed by atoms with E-state index in [2.05, 4.69) is 13.0 Å². The number of thiophene rings is 1. The van der Waals surface area contributed by atoms with Crippen LogP contribution in [0.25, 0.3) is 10.4 Å². The highest BCUT2D eigenvalue weighted by molar-refractivity contribution is 7.98. The first-order valence-corrected chi connectivity index (χ1v) is 12.3. The fraction of sp³-hybridized carbons (Fsp3) is 0.320. The summed E-state index contributed by atoms with van der Waals surface area (Å²) >= 11 is 3.30. The number of carbonyl (C=O) groups excluding carboxylic acids is 1. The highest BCUT2D eigenvalue weighted by Gasteiger charge is 2.30. The van der Waals surface area contributed by atoms with Crippen LogP contribution < -0.4 is 4.74 Å². The molecule has 3 rings (SSSR count). The summed E-state index contributed by atoms with van der Waals surface area (Å²) in [5, 5.41) is 0. The van der Waals surface area contributed by atoms with E-state index in [0.29, 0.717) is 12.4 Å². The predicted octanol–water partition coefficient (Wildman–Crippen LogP) is 7.54. The molecule has 0 spiro atoms. The normalized spacial score (nSPS) is 11.5. The number of carbonyl (C=O) groups is 1. The molecule has 0 saturated heterocycles. The van der Waals surface area contributed by atoms with E-state index in [1.807, 2.05) is 25.1 Å². The Morgan fingerprint density at radius 1 is 1.06 bits per heavy atom. The molecule has 0 radical (unpaired) electrons. The van der Waals surface area contributed by atoms with Crippen molar-refractivity contribution in [2.24, 2.45) is 0 Å². The number of rotatable bonds is 9. The van der Waals surface area contributed by atoms with E-state index in [4.69, 9.17) is 9.47 Å². The zero-order chi connectivity index (χ0) is 24.0. The van der Waals surface area contributed by atoms with Gasteiger partial charge in [0.1, 0.15) is 5.75 Å². The number of ether oxygens (including phenoxy) is 2. The highest BCUT2D eigenvalue weighted by Crippen LogP contribution is 2.38. The van der Waals surface area contributed by atoms with E-state index in [1.54, 1.807) is 30.0 Å². The zero-order valence-corrected chi connectivity index (χ0v) is 20.3. The minimum Gasteiger partial charge on any atom is -0.482 e. The van der Waals surface area contributed by atoms with E-state index in [-0.39, 0.29) is 6.61 Å². The third kappa shape index (κ3) is 6.77. The molecule has 2 aromatic carbocycles. The monoisotopic (exact) mass is 494 g/mol. The van der Waals surface area contributed by atoms with Crippen molar-refractivity contribution in [2.75, 3.05) is 13.2 Å². The minimum atomic E-state index is -4.33. The lowest BCUT2D eigenvalue weighted by Gasteiger charge is -2.10. The Hall–Kier alpha value is -2.45. The molecule has 0 unspecified atom stereocenters. The maximum atomic E-state index is 12.8. The number of alkyl halides is 3. The van der Waals surface area contributed by atoms with Crippen LogP contribution in [-0.2, 0) is 27.9 Å². The van der Waals surface area contributed by atoms with Crippen LogP contribution in [0.4, 0.5) is 13.2 Å². The lowest BCUT2D eigenvalue weighted by molar-refractivity contribution is -0.145. The second-order valence-electron chi connectivity index (χ2n) is 7.30. The van der Waals surface area contributed by atoms with Crippen molar-refractivity contribution < 1.29 is 27.4 Å². The number of thioether (sulfide) groups is 1. The Balaban J connectivity index is 1.67. The summed E-state index contributed by atoms with van der Waals surface area (Å²) in [6.45, 7) is 5.95. The van der Waals surface area contributed by atoms with E-state index in [1.165, 1.54) is 22.6 Å². The molecule has 0 aliphatic rings. The third-order valence-corrected chi connectivity index (χ3v) is 7.37. The molecular weight excluding hydrogens is 469 g/mol. The van der Waals surface area contributed by atoms with Crippen LogP contribution in [-0.4, -0.2) is 19.2 Å². The lowest BCUT2D eigenvalue weighted by Crippen LogP contribution is -2.14. The van der Waals surface area contributed by atoms with Gasteiger partial charge in [-0.05, 0) is 73.4 Å². The molecule has 0 fully saturated rings.